The van der Waals surface area contributed by atoms with Crippen LogP contribution in [0.5, 0.6) is 5.75 Å². The SMILES string of the molecule is CCN(CC(=O)N[C@@]1(C)CCS(=O)(=O)C1)Cc1ccc(OC)c(F)c1. The first kappa shape index (κ1) is 19.7. The molecule has 0 bridgehead atoms. The lowest BCUT2D eigenvalue weighted by atomic mass is 10.0. The van der Waals surface area contributed by atoms with Gasteiger partial charge in [0.05, 0.1) is 30.7 Å². The third-order valence-corrected chi connectivity index (χ3v) is 6.28. The molecule has 0 aromatic heterocycles. The summed E-state index contributed by atoms with van der Waals surface area (Å²) >= 11 is 0. The Hall–Kier alpha value is -1.67. The van der Waals surface area contributed by atoms with Crippen LogP contribution < -0.4 is 10.1 Å². The molecule has 1 fully saturated rings. The highest BCUT2D eigenvalue weighted by Crippen LogP contribution is 2.23. The van der Waals surface area contributed by atoms with E-state index in [0.717, 1.165) is 5.56 Å². The minimum absolute atomic E-state index is 0.0262. The molecule has 1 aromatic carbocycles. The fraction of sp³-hybridized carbons (Fsp3) is 0.588. The van der Waals surface area contributed by atoms with Gasteiger partial charge in [0.2, 0.25) is 5.91 Å². The number of halogens is 1. The van der Waals surface area contributed by atoms with Gasteiger partial charge in [0.1, 0.15) is 0 Å². The average molecular weight is 372 g/mol. The molecule has 1 aliphatic rings. The summed E-state index contributed by atoms with van der Waals surface area (Å²) in [5, 5.41) is 2.84. The predicted octanol–water partition coefficient (Wildman–Crippen LogP) is 1.35. The van der Waals surface area contributed by atoms with Gasteiger partial charge in [-0.2, -0.15) is 0 Å². The number of hydrogen-bond acceptors (Lipinski definition) is 5. The van der Waals surface area contributed by atoms with E-state index < -0.39 is 21.2 Å². The first-order valence-electron chi connectivity index (χ1n) is 8.22. The molecule has 1 heterocycles. The second-order valence-electron chi connectivity index (χ2n) is 6.72. The summed E-state index contributed by atoms with van der Waals surface area (Å²) < 4.78 is 41.9. The van der Waals surface area contributed by atoms with Crippen molar-refractivity contribution in [3.8, 4) is 5.75 Å². The van der Waals surface area contributed by atoms with Crippen LogP contribution in [0.15, 0.2) is 18.2 Å². The van der Waals surface area contributed by atoms with Crippen LogP contribution in [0, 0.1) is 5.82 Å². The molecule has 2 rings (SSSR count). The smallest absolute Gasteiger partial charge is 0.234 e. The van der Waals surface area contributed by atoms with E-state index in [2.05, 4.69) is 5.32 Å². The number of sulfone groups is 1. The third-order valence-electron chi connectivity index (χ3n) is 4.38. The summed E-state index contributed by atoms with van der Waals surface area (Å²) in [6, 6.07) is 4.71. The van der Waals surface area contributed by atoms with Gasteiger partial charge >= 0.3 is 0 Å². The second kappa shape index (κ2) is 7.70. The van der Waals surface area contributed by atoms with E-state index in [4.69, 9.17) is 4.74 Å². The minimum Gasteiger partial charge on any atom is -0.494 e. The molecule has 0 aliphatic carbocycles. The lowest BCUT2D eigenvalue weighted by Crippen LogP contribution is -2.50. The van der Waals surface area contributed by atoms with Crippen LogP contribution in [0.3, 0.4) is 0 Å². The largest absolute Gasteiger partial charge is 0.494 e. The van der Waals surface area contributed by atoms with Gasteiger partial charge in [0.25, 0.3) is 0 Å². The van der Waals surface area contributed by atoms with E-state index in [1.54, 1.807) is 19.1 Å². The van der Waals surface area contributed by atoms with Crippen LogP contribution in [0.2, 0.25) is 0 Å². The van der Waals surface area contributed by atoms with Crippen molar-refractivity contribution in [3.63, 3.8) is 0 Å². The van der Waals surface area contributed by atoms with Crippen molar-refractivity contribution in [1.29, 1.82) is 0 Å². The van der Waals surface area contributed by atoms with Crippen LogP contribution in [0.1, 0.15) is 25.8 Å². The highest BCUT2D eigenvalue weighted by Gasteiger charge is 2.39. The van der Waals surface area contributed by atoms with Crippen molar-refractivity contribution in [2.45, 2.75) is 32.4 Å². The maximum absolute atomic E-state index is 13.8. The van der Waals surface area contributed by atoms with Crippen LogP contribution in [0.4, 0.5) is 4.39 Å². The average Bonchev–Trinajstić information content (AvgIpc) is 2.79. The number of hydrogen-bond donors (Lipinski definition) is 1. The van der Waals surface area contributed by atoms with Gasteiger partial charge in [0.15, 0.2) is 21.4 Å². The third kappa shape index (κ3) is 5.40. The number of rotatable bonds is 7. The van der Waals surface area contributed by atoms with Gasteiger partial charge < -0.3 is 10.1 Å². The number of carbonyl (C=O) groups excluding carboxylic acids is 1. The number of ether oxygens (including phenoxy) is 1. The lowest BCUT2D eigenvalue weighted by Gasteiger charge is -2.26. The standard InChI is InChI=1S/C17H25FN2O4S/c1-4-20(10-13-5-6-15(24-3)14(18)9-13)11-16(21)19-17(2)7-8-25(22,23)12-17/h5-6,9H,4,7-8,10-12H2,1-3H3,(H,19,21)/t17-/m0/s1. The first-order valence-corrected chi connectivity index (χ1v) is 10.0. The number of nitrogens with one attached hydrogen (secondary N) is 1. The van der Waals surface area contributed by atoms with Gasteiger partial charge in [-0.05, 0) is 37.6 Å². The van der Waals surface area contributed by atoms with Crippen molar-refractivity contribution in [2.75, 3.05) is 31.7 Å². The second-order valence-corrected chi connectivity index (χ2v) is 8.91. The van der Waals surface area contributed by atoms with E-state index in [1.165, 1.54) is 13.2 Å². The number of carbonyl (C=O) groups is 1. The molecule has 1 amide bonds. The molecule has 0 radical (unpaired) electrons. The fourth-order valence-electron chi connectivity index (χ4n) is 3.03. The molecule has 0 unspecified atom stereocenters. The van der Waals surface area contributed by atoms with Gasteiger partial charge in [-0.1, -0.05) is 13.0 Å². The monoisotopic (exact) mass is 372 g/mol. The number of amides is 1. The zero-order chi connectivity index (χ0) is 18.7. The van der Waals surface area contributed by atoms with Gasteiger partial charge in [0, 0.05) is 6.54 Å². The van der Waals surface area contributed by atoms with Crippen LogP contribution in [-0.4, -0.2) is 56.5 Å². The zero-order valence-corrected chi connectivity index (χ0v) is 15.7. The van der Waals surface area contributed by atoms with Gasteiger partial charge in [-0.3, -0.25) is 9.69 Å². The van der Waals surface area contributed by atoms with Crippen molar-refractivity contribution in [3.05, 3.63) is 29.6 Å². The molecule has 0 spiro atoms. The molecular formula is C17H25FN2O4S. The molecule has 8 heteroatoms. The molecule has 1 aliphatic heterocycles. The van der Waals surface area contributed by atoms with Crippen molar-refractivity contribution in [2.24, 2.45) is 0 Å². The summed E-state index contributed by atoms with van der Waals surface area (Å²) in [6.45, 7) is 4.81. The normalized spacial score (nSPS) is 22.1. The number of methoxy groups -OCH3 is 1. The van der Waals surface area contributed by atoms with E-state index in [1.807, 2.05) is 11.8 Å². The van der Waals surface area contributed by atoms with Gasteiger partial charge in [-0.25, -0.2) is 12.8 Å². The Kier molecular flexibility index (Phi) is 6.05. The predicted molar refractivity (Wildman–Crippen MR) is 93.7 cm³/mol. The number of benzene rings is 1. The molecular weight excluding hydrogens is 347 g/mol. The summed E-state index contributed by atoms with van der Waals surface area (Å²) in [5.74, 6) is -0.409. The Balaban J connectivity index is 1.95. The Bertz CT molecular complexity index is 738. The van der Waals surface area contributed by atoms with E-state index in [0.29, 0.717) is 19.5 Å². The molecule has 1 N–H and O–H groups in total. The Morgan fingerprint density at radius 1 is 1.44 bits per heavy atom. The van der Waals surface area contributed by atoms with E-state index >= 15 is 0 Å². The first-order chi connectivity index (χ1) is 11.7. The topological polar surface area (TPSA) is 75.7 Å². The van der Waals surface area contributed by atoms with Crippen molar-refractivity contribution < 1.29 is 22.3 Å². The maximum atomic E-state index is 13.8. The Labute approximate surface area is 148 Å². The molecule has 1 atom stereocenters. The van der Waals surface area contributed by atoms with Crippen LogP contribution >= 0.6 is 0 Å². The van der Waals surface area contributed by atoms with Gasteiger partial charge in [-0.15, -0.1) is 0 Å². The van der Waals surface area contributed by atoms with E-state index in [9.17, 15) is 17.6 Å². The van der Waals surface area contributed by atoms with Crippen LogP contribution in [0.25, 0.3) is 0 Å². The Morgan fingerprint density at radius 3 is 2.68 bits per heavy atom. The molecule has 1 aromatic rings. The van der Waals surface area contributed by atoms with Crippen molar-refractivity contribution in [1.82, 2.24) is 10.2 Å². The fourth-order valence-corrected chi connectivity index (χ4v) is 5.13. The number of nitrogens with zero attached hydrogens (tertiary/aromatic N) is 1. The molecule has 140 valence electrons. The maximum Gasteiger partial charge on any atom is 0.234 e. The highest BCUT2D eigenvalue weighted by atomic mass is 32.2. The molecule has 6 nitrogen and oxygen atoms in total. The van der Waals surface area contributed by atoms with E-state index in [-0.39, 0.29) is 29.7 Å². The minimum atomic E-state index is -3.08. The highest BCUT2D eigenvalue weighted by molar-refractivity contribution is 7.91. The van der Waals surface area contributed by atoms with Crippen molar-refractivity contribution >= 4 is 15.7 Å². The summed E-state index contributed by atoms with van der Waals surface area (Å²) in [6.07, 6.45) is 0.427. The Morgan fingerprint density at radius 2 is 2.16 bits per heavy atom. The lowest BCUT2D eigenvalue weighted by molar-refractivity contribution is -0.123. The van der Waals surface area contributed by atoms with Crippen LogP contribution in [-0.2, 0) is 21.2 Å². The number of likely N-dealkylation sites (N-methyl/N-ethyl adjacent to an activating group) is 1. The molecule has 1 saturated heterocycles. The summed E-state index contributed by atoms with van der Waals surface area (Å²) in [7, 11) is -1.67. The quantitative estimate of drug-likeness (QED) is 0.782. The molecule has 0 saturated carbocycles. The summed E-state index contributed by atoms with van der Waals surface area (Å²) in [5.41, 5.74) is 0.0317. The molecule has 25 heavy (non-hydrogen) atoms. The zero-order valence-electron chi connectivity index (χ0n) is 14.8. The summed E-state index contributed by atoms with van der Waals surface area (Å²) in [4.78, 5) is 14.2.